The van der Waals surface area contributed by atoms with Crippen LogP contribution in [-0.2, 0) is 0 Å². The van der Waals surface area contributed by atoms with Crippen LogP contribution in [0, 0.1) is 6.92 Å². The van der Waals surface area contributed by atoms with Crippen LogP contribution in [0.4, 0.5) is 25.1 Å². The van der Waals surface area contributed by atoms with Gasteiger partial charge in [0.2, 0.25) is 11.8 Å². The second kappa shape index (κ2) is 8.76. The van der Waals surface area contributed by atoms with Crippen LogP contribution in [0.1, 0.15) is 34.6 Å². The molecular weight excluding hydrogens is 405 g/mol. The van der Waals surface area contributed by atoms with E-state index >= 15 is 0 Å². The summed E-state index contributed by atoms with van der Waals surface area (Å²) in [5.41, 5.74) is 1.10. The van der Waals surface area contributed by atoms with Crippen LogP contribution in [0.2, 0.25) is 0 Å². The number of ether oxygens (including phenoxy) is 1. The molecule has 0 fully saturated rings. The molecule has 3 heterocycles. The second-order valence-corrected chi connectivity index (χ2v) is 6.22. The first-order valence-electron chi connectivity index (χ1n) is 8.68. The van der Waals surface area contributed by atoms with Crippen molar-refractivity contribution in [3.63, 3.8) is 0 Å². The molecule has 3 aromatic rings. The first-order chi connectivity index (χ1) is 14.2. The van der Waals surface area contributed by atoms with E-state index < -0.39 is 24.7 Å². The zero-order chi connectivity index (χ0) is 21.7. The normalized spacial score (nSPS) is 12.3. The standard InChI is InChI=1S/C18H17F3N6O3/c1-10-7-12(8-24-15(10)30-9-18(19,20)21)11(2)25-14(28)13-3-4-22-16(26-13)27-17-23-5-6-29-17/h3-8,11H,9H2,1-2H3,(H,25,28)(H,22,23,26,27). The highest BCUT2D eigenvalue weighted by Gasteiger charge is 2.29. The van der Waals surface area contributed by atoms with Gasteiger partial charge in [-0.05, 0) is 31.5 Å². The van der Waals surface area contributed by atoms with Gasteiger partial charge < -0.3 is 14.5 Å². The lowest BCUT2D eigenvalue weighted by molar-refractivity contribution is -0.154. The Hall–Kier alpha value is -3.70. The molecule has 2 N–H and O–H groups in total. The lowest BCUT2D eigenvalue weighted by Crippen LogP contribution is -2.28. The van der Waals surface area contributed by atoms with Gasteiger partial charge in [0.25, 0.3) is 5.91 Å². The third kappa shape index (κ3) is 5.65. The Balaban J connectivity index is 1.64. The number of rotatable bonds is 7. The summed E-state index contributed by atoms with van der Waals surface area (Å²) in [6, 6.07) is 2.72. The minimum atomic E-state index is -4.45. The van der Waals surface area contributed by atoms with E-state index in [4.69, 9.17) is 4.42 Å². The minimum absolute atomic E-state index is 0.0979. The van der Waals surface area contributed by atoms with Gasteiger partial charge in [-0.15, -0.1) is 0 Å². The van der Waals surface area contributed by atoms with Gasteiger partial charge in [0.05, 0.1) is 12.2 Å². The van der Waals surface area contributed by atoms with Crippen LogP contribution < -0.4 is 15.4 Å². The summed E-state index contributed by atoms with van der Waals surface area (Å²) < 4.78 is 46.6. The number of anilines is 2. The Morgan fingerprint density at radius 3 is 2.73 bits per heavy atom. The number of amides is 1. The summed E-state index contributed by atoms with van der Waals surface area (Å²) >= 11 is 0. The molecule has 9 nitrogen and oxygen atoms in total. The summed E-state index contributed by atoms with van der Waals surface area (Å²) in [5, 5.41) is 5.46. The van der Waals surface area contributed by atoms with E-state index in [1.807, 2.05) is 0 Å². The van der Waals surface area contributed by atoms with E-state index in [1.54, 1.807) is 19.9 Å². The molecule has 1 amide bonds. The van der Waals surface area contributed by atoms with Crippen molar-refractivity contribution in [3.05, 3.63) is 53.8 Å². The van der Waals surface area contributed by atoms with Crippen molar-refractivity contribution >= 4 is 17.9 Å². The average Bonchev–Trinajstić information content (AvgIpc) is 3.19. The molecule has 158 valence electrons. The number of carbonyl (C=O) groups is 1. The van der Waals surface area contributed by atoms with Crippen LogP contribution in [0.15, 0.2) is 41.4 Å². The number of alkyl halides is 3. The number of aryl methyl sites for hydroxylation is 1. The summed E-state index contributed by atoms with van der Waals surface area (Å²) in [4.78, 5) is 28.4. The lowest BCUT2D eigenvalue weighted by Gasteiger charge is -2.16. The average molecular weight is 422 g/mol. The summed E-state index contributed by atoms with van der Waals surface area (Å²) in [7, 11) is 0. The van der Waals surface area contributed by atoms with Gasteiger partial charge in [0.1, 0.15) is 12.0 Å². The SMILES string of the molecule is Cc1cc(C(C)NC(=O)c2ccnc(Nc3ncco3)n2)cnc1OCC(F)(F)F. The highest BCUT2D eigenvalue weighted by Crippen LogP contribution is 2.23. The lowest BCUT2D eigenvalue weighted by atomic mass is 10.1. The Bertz CT molecular complexity index is 1010. The van der Waals surface area contributed by atoms with Gasteiger partial charge in [0, 0.05) is 18.0 Å². The van der Waals surface area contributed by atoms with E-state index in [9.17, 15) is 18.0 Å². The molecule has 1 unspecified atom stereocenters. The molecule has 0 aliphatic rings. The highest BCUT2D eigenvalue weighted by atomic mass is 19.4. The van der Waals surface area contributed by atoms with Crippen LogP contribution in [0.3, 0.4) is 0 Å². The fourth-order valence-corrected chi connectivity index (χ4v) is 2.40. The Morgan fingerprint density at radius 1 is 1.27 bits per heavy atom. The number of carbonyl (C=O) groups excluding carboxylic acids is 1. The molecule has 12 heteroatoms. The zero-order valence-electron chi connectivity index (χ0n) is 15.9. The largest absolute Gasteiger partial charge is 0.468 e. The van der Waals surface area contributed by atoms with Crippen LogP contribution in [0.5, 0.6) is 5.88 Å². The molecule has 30 heavy (non-hydrogen) atoms. The van der Waals surface area contributed by atoms with Crippen molar-refractivity contribution in [1.29, 1.82) is 0 Å². The number of hydrogen-bond donors (Lipinski definition) is 2. The number of aromatic nitrogens is 4. The fourth-order valence-electron chi connectivity index (χ4n) is 2.40. The molecule has 0 bridgehead atoms. The topological polar surface area (TPSA) is 115 Å². The third-order valence-electron chi connectivity index (χ3n) is 3.81. The van der Waals surface area contributed by atoms with Crippen molar-refractivity contribution in [2.24, 2.45) is 0 Å². The van der Waals surface area contributed by atoms with E-state index in [0.29, 0.717) is 11.1 Å². The fraction of sp³-hybridized carbons (Fsp3) is 0.278. The van der Waals surface area contributed by atoms with Crippen molar-refractivity contribution in [2.45, 2.75) is 26.1 Å². The number of nitrogens with zero attached hydrogens (tertiary/aromatic N) is 4. The molecule has 1 atom stereocenters. The number of oxazole rings is 1. The van der Waals surface area contributed by atoms with Gasteiger partial charge in [-0.25, -0.2) is 19.9 Å². The number of nitrogens with one attached hydrogen (secondary N) is 2. The molecule has 3 aromatic heterocycles. The molecule has 0 spiro atoms. The molecule has 0 radical (unpaired) electrons. The van der Waals surface area contributed by atoms with Crippen molar-refractivity contribution in [2.75, 3.05) is 11.9 Å². The highest BCUT2D eigenvalue weighted by molar-refractivity contribution is 5.92. The second-order valence-electron chi connectivity index (χ2n) is 6.22. The maximum Gasteiger partial charge on any atom is 0.422 e. The van der Waals surface area contributed by atoms with Crippen LogP contribution in [-0.4, -0.2) is 38.6 Å². The minimum Gasteiger partial charge on any atom is -0.468 e. The predicted molar refractivity (Wildman–Crippen MR) is 98.2 cm³/mol. The predicted octanol–water partition coefficient (Wildman–Crippen LogP) is 3.34. The van der Waals surface area contributed by atoms with Crippen molar-refractivity contribution in [1.82, 2.24) is 25.3 Å². The van der Waals surface area contributed by atoms with E-state index in [-0.39, 0.29) is 23.5 Å². The van der Waals surface area contributed by atoms with Gasteiger partial charge in [0.15, 0.2) is 6.61 Å². The third-order valence-corrected chi connectivity index (χ3v) is 3.81. The summed E-state index contributed by atoms with van der Waals surface area (Å²) in [5.74, 6) is -0.468. The van der Waals surface area contributed by atoms with Crippen LogP contribution >= 0.6 is 0 Å². The molecule has 3 rings (SSSR count). The maximum absolute atomic E-state index is 12.5. The Kier molecular flexibility index (Phi) is 6.14. The quantitative estimate of drug-likeness (QED) is 0.596. The molecule has 0 aliphatic heterocycles. The molecule has 0 saturated heterocycles. The first-order valence-corrected chi connectivity index (χ1v) is 8.68. The van der Waals surface area contributed by atoms with E-state index in [1.165, 1.54) is 30.9 Å². The monoisotopic (exact) mass is 422 g/mol. The molecule has 0 aliphatic carbocycles. The van der Waals surface area contributed by atoms with Gasteiger partial charge >= 0.3 is 12.2 Å². The van der Waals surface area contributed by atoms with Crippen molar-refractivity contribution in [3.8, 4) is 5.88 Å². The van der Waals surface area contributed by atoms with E-state index in [0.717, 1.165) is 0 Å². The molecular formula is C18H17F3N6O3. The van der Waals surface area contributed by atoms with Gasteiger partial charge in [-0.1, -0.05) is 0 Å². The summed E-state index contributed by atoms with van der Waals surface area (Å²) in [6.45, 7) is 1.85. The van der Waals surface area contributed by atoms with E-state index in [2.05, 4.69) is 35.3 Å². The Morgan fingerprint density at radius 2 is 2.07 bits per heavy atom. The first kappa shape index (κ1) is 21.0. The van der Waals surface area contributed by atoms with Crippen LogP contribution in [0.25, 0.3) is 0 Å². The van der Waals surface area contributed by atoms with Gasteiger partial charge in [-0.3, -0.25) is 10.1 Å². The smallest absolute Gasteiger partial charge is 0.422 e. The summed E-state index contributed by atoms with van der Waals surface area (Å²) in [6.07, 6.45) is 1.11. The Labute approximate surface area is 168 Å². The maximum atomic E-state index is 12.5. The van der Waals surface area contributed by atoms with Crippen molar-refractivity contribution < 1.29 is 27.1 Å². The number of pyridine rings is 1. The molecule has 0 aromatic carbocycles. The number of hydrogen-bond acceptors (Lipinski definition) is 8. The number of halogens is 3. The van der Waals surface area contributed by atoms with Gasteiger partial charge in [-0.2, -0.15) is 13.2 Å². The molecule has 0 saturated carbocycles. The zero-order valence-corrected chi connectivity index (χ0v) is 15.9.